The standard InChI is InChI=1S/C22H19BrN4O2S/c1-2-29-18-11-9-17(10-12-18)27-21(15-5-7-16(23)8-6-15)25-26-22(27)30-14-20(28)19-4-3-13-24-19/h3-13,24H,2,14H2,1H3. The first-order valence-corrected chi connectivity index (χ1v) is 11.2. The van der Waals surface area contributed by atoms with Crippen LogP contribution in [0.1, 0.15) is 17.4 Å². The minimum Gasteiger partial charge on any atom is -0.494 e. The SMILES string of the molecule is CCOc1ccc(-n2c(SCC(=O)c3ccc[nH]3)nnc2-c2ccc(Br)cc2)cc1. The molecule has 1 N–H and O–H groups in total. The first-order valence-electron chi connectivity index (χ1n) is 9.39. The number of benzene rings is 2. The van der Waals surface area contributed by atoms with Crippen molar-refractivity contribution in [1.29, 1.82) is 0 Å². The number of H-pyrrole nitrogens is 1. The van der Waals surface area contributed by atoms with E-state index < -0.39 is 0 Å². The van der Waals surface area contributed by atoms with Crippen LogP contribution in [0.5, 0.6) is 5.75 Å². The van der Waals surface area contributed by atoms with E-state index in [0.29, 0.717) is 23.3 Å². The highest BCUT2D eigenvalue weighted by atomic mass is 79.9. The van der Waals surface area contributed by atoms with E-state index in [1.165, 1.54) is 11.8 Å². The molecular weight excluding hydrogens is 464 g/mol. The lowest BCUT2D eigenvalue weighted by molar-refractivity contribution is 0.101. The zero-order valence-electron chi connectivity index (χ0n) is 16.2. The molecule has 0 fully saturated rings. The second-order valence-corrected chi connectivity index (χ2v) is 8.23. The van der Waals surface area contributed by atoms with Crippen molar-refractivity contribution in [2.45, 2.75) is 12.1 Å². The molecule has 0 aliphatic carbocycles. The first kappa shape index (κ1) is 20.4. The van der Waals surface area contributed by atoms with Crippen LogP contribution in [0.3, 0.4) is 0 Å². The molecule has 0 amide bonds. The molecule has 8 heteroatoms. The van der Waals surface area contributed by atoms with Gasteiger partial charge in [-0.15, -0.1) is 10.2 Å². The fourth-order valence-electron chi connectivity index (χ4n) is 2.95. The molecule has 4 rings (SSSR count). The number of nitrogens with one attached hydrogen (secondary N) is 1. The Morgan fingerprint density at radius 2 is 1.87 bits per heavy atom. The molecule has 0 spiro atoms. The third-order valence-electron chi connectivity index (χ3n) is 4.37. The van der Waals surface area contributed by atoms with Gasteiger partial charge in [-0.3, -0.25) is 9.36 Å². The number of hydrogen-bond acceptors (Lipinski definition) is 5. The van der Waals surface area contributed by atoms with Crippen LogP contribution in [0.25, 0.3) is 17.1 Å². The molecule has 30 heavy (non-hydrogen) atoms. The van der Waals surface area contributed by atoms with Gasteiger partial charge in [-0.1, -0.05) is 39.8 Å². The van der Waals surface area contributed by atoms with E-state index in [1.807, 2.05) is 66.1 Å². The van der Waals surface area contributed by atoms with Crippen molar-refractivity contribution in [3.8, 4) is 22.8 Å². The molecule has 2 aromatic heterocycles. The number of aromatic nitrogens is 4. The summed E-state index contributed by atoms with van der Waals surface area (Å²) in [5.74, 6) is 1.78. The maximum absolute atomic E-state index is 12.4. The maximum atomic E-state index is 12.4. The summed E-state index contributed by atoms with van der Waals surface area (Å²) in [5, 5.41) is 9.44. The van der Waals surface area contributed by atoms with Crippen molar-refractivity contribution in [2.24, 2.45) is 0 Å². The Labute approximate surface area is 186 Å². The molecule has 0 aliphatic heterocycles. The number of carbonyl (C=O) groups is 1. The van der Waals surface area contributed by atoms with E-state index in [9.17, 15) is 4.79 Å². The summed E-state index contributed by atoms with van der Waals surface area (Å²) in [6.45, 7) is 2.56. The summed E-state index contributed by atoms with van der Waals surface area (Å²) in [4.78, 5) is 15.4. The van der Waals surface area contributed by atoms with Crippen molar-refractivity contribution >= 4 is 33.5 Å². The zero-order valence-corrected chi connectivity index (χ0v) is 18.6. The van der Waals surface area contributed by atoms with Gasteiger partial charge in [0.05, 0.1) is 18.1 Å². The number of carbonyl (C=O) groups excluding carboxylic acids is 1. The Bertz CT molecular complexity index is 1120. The van der Waals surface area contributed by atoms with Crippen molar-refractivity contribution in [1.82, 2.24) is 19.7 Å². The Kier molecular flexibility index (Phi) is 6.35. The Balaban J connectivity index is 1.68. The molecule has 0 bridgehead atoms. The van der Waals surface area contributed by atoms with Crippen LogP contribution >= 0.6 is 27.7 Å². The molecule has 0 atom stereocenters. The van der Waals surface area contributed by atoms with Crippen molar-refractivity contribution in [3.05, 3.63) is 77.0 Å². The maximum Gasteiger partial charge on any atom is 0.196 e. The van der Waals surface area contributed by atoms with Gasteiger partial charge in [-0.2, -0.15) is 0 Å². The van der Waals surface area contributed by atoms with Crippen molar-refractivity contribution < 1.29 is 9.53 Å². The number of ether oxygens (including phenoxy) is 1. The van der Waals surface area contributed by atoms with Gasteiger partial charge < -0.3 is 9.72 Å². The van der Waals surface area contributed by atoms with E-state index in [4.69, 9.17) is 4.74 Å². The van der Waals surface area contributed by atoms with Crippen LogP contribution in [0, 0.1) is 0 Å². The summed E-state index contributed by atoms with van der Waals surface area (Å²) in [5.41, 5.74) is 2.42. The second-order valence-electron chi connectivity index (χ2n) is 6.37. The molecule has 0 unspecified atom stereocenters. The van der Waals surface area contributed by atoms with E-state index in [-0.39, 0.29) is 11.5 Å². The number of ketones is 1. The number of Topliss-reactive ketones (excluding diaryl/α,β-unsaturated/α-hetero) is 1. The zero-order chi connectivity index (χ0) is 20.9. The Morgan fingerprint density at radius 1 is 1.10 bits per heavy atom. The molecule has 152 valence electrons. The fraction of sp³-hybridized carbons (Fsp3) is 0.136. The number of nitrogens with zero attached hydrogens (tertiary/aromatic N) is 3. The lowest BCUT2D eigenvalue weighted by atomic mass is 10.2. The van der Waals surface area contributed by atoms with Gasteiger partial charge >= 0.3 is 0 Å². The molecule has 2 aromatic carbocycles. The molecule has 2 heterocycles. The molecule has 4 aromatic rings. The summed E-state index contributed by atoms with van der Waals surface area (Å²) < 4.78 is 8.51. The number of hydrogen-bond donors (Lipinski definition) is 1. The van der Waals surface area contributed by atoms with Gasteiger partial charge in [0, 0.05) is 21.9 Å². The van der Waals surface area contributed by atoms with E-state index in [1.54, 1.807) is 12.3 Å². The molecule has 0 radical (unpaired) electrons. The van der Waals surface area contributed by atoms with E-state index >= 15 is 0 Å². The van der Waals surface area contributed by atoms with Crippen LogP contribution < -0.4 is 4.74 Å². The first-order chi connectivity index (χ1) is 14.7. The normalized spacial score (nSPS) is 10.9. The molecule has 0 saturated heterocycles. The van der Waals surface area contributed by atoms with Gasteiger partial charge in [-0.05, 0) is 55.5 Å². The molecular formula is C22H19BrN4O2S. The molecule has 0 saturated carbocycles. The average molecular weight is 483 g/mol. The Morgan fingerprint density at radius 3 is 2.53 bits per heavy atom. The van der Waals surface area contributed by atoms with Gasteiger partial charge in [0.1, 0.15) is 5.75 Å². The molecule has 6 nitrogen and oxygen atoms in total. The van der Waals surface area contributed by atoms with Crippen LogP contribution in [0.15, 0.2) is 76.5 Å². The fourth-order valence-corrected chi connectivity index (χ4v) is 4.05. The van der Waals surface area contributed by atoms with Crippen LogP contribution in [0.4, 0.5) is 0 Å². The smallest absolute Gasteiger partial charge is 0.196 e. The minimum atomic E-state index is 0.0106. The van der Waals surface area contributed by atoms with E-state index in [0.717, 1.165) is 21.5 Å². The summed E-state index contributed by atoms with van der Waals surface area (Å²) in [6.07, 6.45) is 1.74. The van der Waals surface area contributed by atoms with Crippen LogP contribution in [-0.4, -0.2) is 37.9 Å². The van der Waals surface area contributed by atoms with Gasteiger partial charge in [0.15, 0.2) is 16.8 Å². The van der Waals surface area contributed by atoms with E-state index in [2.05, 4.69) is 31.1 Å². The number of aromatic amines is 1. The third-order valence-corrected chi connectivity index (χ3v) is 5.83. The summed E-state index contributed by atoms with van der Waals surface area (Å²) in [7, 11) is 0. The highest BCUT2D eigenvalue weighted by molar-refractivity contribution is 9.10. The largest absolute Gasteiger partial charge is 0.494 e. The monoisotopic (exact) mass is 482 g/mol. The Hall–Kier alpha value is -2.84. The third kappa shape index (κ3) is 4.49. The number of thioether (sulfide) groups is 1. The van der Waals surface area contributed by atoms with Crippen molar-refractivity contribution in [2.75, 3.05) is 12.4 Å². The lowest BCUT2D eigenvalue weighted by Gasteiger charge is -2.11. The topological polar surface area (TPSA) is 72.8 Å². The second kappa shape index (κ2) is 9.32. The lowest BCUT2D eigenvalue weighted by Crippen LogP contribution is -2.05. The van der Waals surface area contributed by atoms with Gasteiger partial charge in [-0.25, -0.2) is 0 Å². The minimum absolute atomic E-state index is 0.0106. The molecule has 0 aliphatic rings. The van der Waals surface area contributed by atoms with Crippen LogP contribution in [0.2, 0.25) is 0 Å². The summed E-state index contributed by atoms with van der Waals surface area (Å²) in [6, 6.07) is 19.3. The highest BCUT2D eigenvalue weighted by Gasteiger charge is 2.18. The van der Waals surface area contributed by atoms with Gasteiger partial charge in [0.25, 0.3) is 0 Å². The van der Waals surface area contributed by atoms with Crippen LogP contribution in [-0.2, 0) is 0 Å². The predicted octanol–water partition coefficient (Wildman–Crippen LogP) is 5.40. The number of halogens is 1. The van der Waals surface area contributed by atoms with Gasteiger partial charge in [0.2, 0.25) is 0 Å². The quantitative estimate of drug-likeness (QED) is 0.269. The number of rotatable bonds is 8. The average Bonchev–Trinajstić information content (AvgIpc) is 3.44. The predicted molar refractivity (Wildman–Crippen MR) is 122 cm³/mol. The van der Waals surface area contributed by atoms with Crippen molar-refractivity contribution in [3.63, 3.8) is 0 Å². The highest BCUT2D eigenvalue weighted by Crippen LogP contribution is 2.30. The summed E-state index contributed by atoms with van der Waals surface area (Å²) >= 11 is 4.83.